The van der Waals surface area contributed by atoms with Crippen molar-refractivity contribution in [3.05, 3.63) is 24.3 Å². The summed E-state index contributed by atoms with van der Waals surface area (Å²) in [6, 6.07) is 7.84. The Balaban J connectivity index is 3.01. The number of hydrogen-bond donors (Lipinski definition) is 1. The van der Waals surface area contributed by atoms with Crippen LogP contribution < -0.4 is 10.5 Å². The minimum absolute atomic E-state index is 0.953. The van der Waals surface area contributed by atoms with Gasteiger partial charge in [0.05, 0.1) is 0 Å². The van der Waals surface area contributed by atoms with Crippen molar-refractivity contribution in [2.45, 2.75) is 0 Å². The van der Waals surface area contributed by atoms with Gasteiger partial charge in [0.15, 0.2) is 0 Å². The summed E-state index contributed by atoms with van der Waals surface area (Å²) in [5.74, 6) is 0. The van der Waals surface area contributed by atoms with E-state index in [9.17, 15) is 0 Å². The molecule has 0 spiro atoms. The summed E-state index contributed by atoms with van der Waals surface area (Å²) in [6.45, 7) is 0. The van der Waals surface area contributed by atoms with Gasteiger partial charge in [-0.05, 0) is 12.1 Å². The minimum atomic E-state index is -2.66. The van der Waals surface area contributed by atoms with Crippen molar-refractivity contribution in [1.29, 1.82) is 0 Å². The van der Waals surface area contributed by atoms with Crippen LogP contribution >= 0.6 is 0 Å². The van der Waals surface area contributed by atoms with Gasteiger partial charge in [-0.25, -0.2) is 0 Å². The van der Waals surface area contributed by atoms with E-state index in [1.54, 1.807) is 21.3 Å². The van der Waals surface area contributed by atoms with Crippen LogP contribution in [0.25, 0.3) is 0 Å². The van der Waals surface area contributed by atoms with Crippen LogP contribution in [0.5, 0.6) is 0 Å². The molecular formula is C10H17NO3Si. The molecule has 1 aromatic rings. The third-order valence-electron chi connectivity index (χ3n) is 2.33. The Hall–Kier alpha value is -0.883. The van der Waals surface area contributed by atoms with Crippen LogP contribution in [0.4, 0.5) is 5.69 Å². The Morgan fingerprint density at radius 2 is 1.40 bits per heavy atom. The Kier molecular flexibility index (Phi) is 4.28. The van der Waals surface area contributed by atoms with Gasteiger partial charge in [0.1, 0.15) is 0 Å². The maximum absolute atomic E-state index is 5.37. The molecule has 0 atom stereocenters. The molecule has 0 aliphatic carbocycles. The highest BCUT2D eigenvalue weighted by molar-refractivity contribution is 6.75. The summed E-state index contributed by atoms with van der Waals surface area (Å²) in [7, 11) is 4.03. The Morgan fingerprint density at radius 1 is 0.933 bits per heavy atom. The van der Waals surface area contributed by atoms with Gasteiger partial charge in [-0.3, -0.25) is 0 Å². The molecular weight excluding hydrogens is 210 g/mol. The first-order valence-corrected chi connectivity index (χ1v) is 6.38. The number of benzene rings is 1. The van der Waals surface area contributed by atoms with Gasteiger partial charge >= 0.3 is 8.80 Å². The van der Waals surface area contributed by atoms with Gasteiger partial charge in [0, 0.05) is 39.3 Å². The van der Waals surface area contributed by atoms with E-state index in [1.165, 1.54) is 0 Å². The Labute approximate surface area is 91.5 Å². The van der Waals surface area contributed by atoms with E-state index in [1.807, 2.05) is 31.3 Å². The third kappa shape index (κ3) is 2.38. The first kappa shape index (κ1) is 12.2. The molecule has 0 radical (unpaired) electrons. The topological polar surface area (TPSA) is 39.7 Å². The largest absolute Gasteiger partial charge is 0.536 e. The highest BCUT2D eigenvalue weighted by atomic mass is 28.4. The Bertz CT molecular complexity index is 290. The zero-order valence-electron chi connectivity index (χ0n) is 9.53. The van der Waals surface area contributed by atoms with Crippen molar-refractivity contribution in [1.82, 2.24) is 0 Å². The molecule has 0 heterocycles. The van der Waals surface area contributed by atoms with Gasteiger partial charge in [-0.2, -0.15) is 0 Å². The fraction of sp³-hybridized carbons (Fsp3) is 0.400. The fourth-order valence-corrected chi connectivity index (χ4v) is 3.23. The van der Waals surface area contributed by atoms with Crippen LogP contribution in [-0.2, 0) is 13.3 Å². The maximum Gasteiger partial charge on any atom is 0.536 e. The lowest BCUT2D eigenvalue weighted by Crippen LogP contribution is -2.54. The monoisotopic (exact) mass is 227 g/mol. The van der Waals surface area contributed by atoms with Crippen LogP contribution in [0.2, 0.25) is 0 Å². The molecule has 0 saturated carbocycles. The molecule has 0 saturated heterocycles. The lowest BCUT2D eigenvalue weighted by molar-refractivity contribution is 0.140. The smallest absolute Gasteiger partial charge is 0.388 e. The standard InChI is InChI=1S/C10H17NO3Si/c1-11-9-5-7-10(8-6-9)15(12-2,13-3)14-4/h5-8,11H,1-4H3. The van der Waals surface area contributed by atoms with Crippen LogP contribution in [0.15, 0.2) is 24.3 Å². The predicted molar refractivity (Wildman–Crippen MR) is 62.4 cm³/mol. The molecule has 5 heteroatoms. The number of rotatable bonds is 5. The highest BCUT2D eigenvalue weighted by Gasteiger charge is 2.40. The molecule has 1 N–H and O–H groups in total. The molecule has 0 bridgehead atoms. The van der Waals surface area contributed by atoms with Gasteiger partial charge in [0.25, 0.3) is 0 Å². The molecule has 0 aromatic heterocycles. The molecule has 0 amide bonds. The lowest BCUT2D eigenvalue weighted by atomic mass is 10.3. The Morgan fingerprint density at radius 3 is 1.73 bits per heavy atom. The molecule has 1 rings (SSSR count). The maximum atomic E-state index is 5.37. The van der Waals surface area contributed by atoms with Crippen LogP contribution in [0.1, 0.15) is 0 Å². The van der Waals surface area contributed by atoms with Crippen molar-refractivity contribution in [2.75, 3.05) is 33.7 Å². The second kappa shape index (κ2) is 5.27. The SMILES string of the molecule is CNc1ccc([Si](OC)(OC)OC)cc1. The van der Waals surface area contributed by atoms with Gasteiger partial charge in [0.2, 0.25) is 0 Å². The highest BCUT2D eigenvalue weighted by Crippen LogP contribution is 2.10. The summed E-state index contributed by atoms with van der Waals surface area (Å²) >= 11 is 0. The van der Waals surface area contributed by atoms with Gasteiger partial charge in [-0.15, -0.1) is 0 Å². The summed E-state index contributed by atoms with van der Waals surface area (Å²) < 4.78 is 16.1. The van der Waals surface area contributed by atoms with Crippen molar-refractivity contribution in [2.24, 2.45) is 0 Å². The van der Waals surface area contributed by atoms with E-state index < -0.39 is 8.80 Å². The second-order valence-corrected chi connectivity index (χ2v) is 5.91. The van der Waals surface area contributed by atoms with E-state index in [2.05, 4.69) is 5.32 Å². The van der Waals surface area contributed by atoms with Crippen LogP contribution in [-0.4, -0.2) is 37.2 Å². The van der Waals surface area contributed by atoms with Gasteiger partial charge < -0.3 is 18.6 Å². The number of anilines is 1. The van der Waals surface area contributed by atoms with E-state index >= 15 is 0 Å². The number of hydrogen-bond acceptors (Lipinski definition) is 4. The van der Waals surface area contributed by atoms with Crippen LogP contribution in [0, 0.1) is 0 Å². The van der Waals surface area contributed by atoms with Crippen LogP contribution in [0.3, 0.4) is 0 Å². The number of nitrogens with one attached hydrogen (secondary N) is 1. The second-order valence-electron chi connectivity index (χ2n) is 3.00. The molecule has 1 aromatic carbocycles. The lowest BCUT2D eigenvalue weighted by Gasteiger charge is -2.24. The third-order valence-corrected chi connectivity index (χ3v) is 4.99. The molecule has 0 aliphatic heterocycles. The van der Waals surface area contributed by atoms with Gasteiger partial charge in [-0.1, -0.05) is 12.1 Å². The summed E-state index contributed by atoms with van der Waals surface area (Å²) in [5.41, 5.74) is 1.05. The average molecular weight is 227 g/mol. The summed E-state index contributed by atoms with van der Waals surface area (Å²) in [4.78, 5) is 0. The zero-order chi connectivity index (χ0) is 11.3. The fourth-order valence-electron chi connectivity index (χ4n) is 1.44. The average Bonchev–Trinajstić information content (AvgIpc) is 2.33. The molecule has 15 heavy (non-hydrogen) atoms. The van der Waals surface area contributed by atoms with E-state index in [0.29, 0.717) is 0 Å². The normalized spacial score (nSPS) is 11.5. The van der Waals surface area contributed by atoms with Crippen molar-refractivity contribution >= 4 is 19.7 Å². The molecule has 84 valence electrons. The minimum Gasteiger partial charge on any atom is -0.388 e. The van der Waals surface area contributed by atoms with Crippen molar-refractivity contribution in [3.63, 3.8) is 0 Å². The summed E-state index contributed by atoms with van der Waals surface area (Å²) in [5, 5.41) is 4.01. The first-order valence-electron chi connectivity index (χ1n) is 4.66. The molecule has 0 unspecified atom stereocenters. The predicted octanol–water partition coefficient (Wildman–Crippen LogP) is 0.813. The van der Waals surface area contributed by atoms with E-state index in [0.717, 1.165) is 10.9 Å². The molecule has 0 fully saturated rings. The zero-order valence-corrected chi connectivity index (χ0v) is 10.5. The summed E-state index contributed by atoms with van der Waals surface area (Å²) in [6.07, 6.45) is 0. The molecule has 0 aliphatic rings. The molecule has 4 nitrogen and oxygen atoms in total. The van der Waals surface area contributed by atoms with Crippen molar-refractivity contribution < 1.29 is 13.3 Å². The quantitative estimate of drug-likeness (QED) is 0.756. The first-order chi connectivity index (χ1) is 7.22. The van der Waals surface area contributed by atoms with Crippen molar-refractivity contribution in [3.8, 4) is 0 Å². The van der Waals surface area contributed by atoms with E-state index in [4.69, 9.17) is 13.3 Å². The van der Waals surface area contributed by atoms with E-state index in [-0.39, 0.29) is 0 Å².